The Balaban J connectivity index is 2.13. The molecule has 0 aromatic carbocycles. The van der Waals surface area contributed by atoms with Gasteiger partial charge in [0.25, 0.3) is 0 Å². The van der Waals surface area contributed by atoms with Crippen LogP contribution in [0.3, 0.4) is 0 Å². The number of rotatable bonds is 5. The van der Waals surface area contributed by atoms with Gasteiger partial charge in [0.15, 0.2) is 9.84 Å². The number of ether oxygens (including phenoxy) is 1. The minimum atomic E-state index is -2.99. The van der Waals surface area contributed by atoms with Crippen molar-refractivity contribution in [1.29, 1.82) is 0 Å². The predicted octanol–water partition coefficient (Wildman–Crippen LogP) is -0.160. The number of methoxy groups -OCH3 is 1. The molecule has 0 saturated carbocycles. The Labute approximate surface area is 89.4 Å². The predicted molar refractivity (Wildman–Crippen MR) is 56.0 cm³/mol. The molecule has 1 heterocycles. The molecule has 0 radical (unpaired) electrons. The normalized spacial score (nSPS) is 22.9. The highest BCUT2D eigenvalue weighted by Crippen LogP contribution is 2.07. The van der Waals surface area contributed by atoms with E-state index in [4.69, 9.17) is 0 Å². The number of carbonyl (C=O) groups is 1. The van der Waals surface area contributed by atoms with Crippen molar-refractivity contribution in [2.45, 2.75) is 18.9 Å². The van der Waals surface area contributed by atoms with E-state index < -0.39 is 9.84 Å². The second-order valence-electron chi connectivity index (χ2n) is 3.40. The van der Waals surface area contributed by atoms with Crippen molar-refractivity contribution in [1.82, 2.24) is 5.32 Å². The summed E-state index contributed by atoms with van der Waals surface area (Å²) in [6.07, 6.45) is 2.64. The van der Waals surface area contributed by atoms with Crippen LogP contribution >= 0.6 is 0 Å². The molecule has 15 heavy (non-hydrogen) atoms. The number of nitrogens with one attached hydrogen (secondary N) is 1. The molecule has 6 heteroatoms. The number of sulfone groups is 1. The summed E-state index contributed by atoms with van der Waals surface area (Å²) < 4.78 is 26.5. The summed E-state index contributed by atoms with van der Waals surface area (Å²) in [5.74, 6) is -0.128. The molecule has 0 saturated heterocycles. The molecule has 0 fully saturated rings. The van der Waals surface area contributed by atoms with E-state index >= 15 is 0 Å². The molecule has 1 aliphatic heterocycles. The zero-order valence-electron chi connectivity index (χ0n) is 8.60. The molecule has 0 amide bonds. The van der Waals surface area contributed by atoms with E-state index in [-0.39, 0.29) is 17.8 Å². The molecule has 1 rings (SSSR count). The van der Waals surface area contributed by atoms with Gasteiger partial charge in [0, 0.05) is 17.9 Å². The molecular formula is C9H15NO4S. The summed E-state index contributed by atoms with van der Waals surface area (Å²) in [6, 6.07) is -0.118. The van der Waals surface area contributed by atoms with Gasteiger partial charge in [0.2, 0.25) is 0 Å². The summed E-state index contributed by atoms with van der Waals surface area (Å²) in [5, 5.41) is 4.27. The second-order valence-corrected chi connectivity index (χ2v) is 5.33. The Bertz CT molecular complexity index is 347. The number of hydrogen-bond acceptors (Lipinski definition) is 5. The average molecular weight is 233 g/mol. The van der Waals surface area contributed by atoms with Crippen LogP contribution in [0.5, 0.6) is 0 Å². The first kappa shape index (κ1) is 12.2. The molecule has 86 valence electrons. The van der Waals surface area contributed by atoms with Crippen molar-refractivity contribution >= 4 is 15.8 Å². The highest BCUT2D eigenvalue weighted by atomic mass is 32.2. The van der Waals surface area contributed by atoms with E-state index in [0.29, 0.717) is 19.4 Å². The summed E-state index contributed by atoms with van der Waals surface area (Å²) in [4.78, 5) is 10.8. The zero-order valence-corrected chi connectivity index (χ0v) is 9.42. The highest BCUT2D eigenvalue weighted by molar-refractivity contribution is 7.94. The molecule has 1 unspecified atom stereocenters. The van der Waals surface area contributed by atoms with Crippen LogP contribution in [0.2, 0.25) is 0 Å². The van der Waals surface area contributed by atoms with E-state index in [1.807, 2.05) is 0 Å². The largest absolute Gasteiger partial charge is 0.469 e. The van der Waals surface area contributed by atoms with Crippen molar-refractivity contribution in [3.05, 3.63) is 11.5 Å². The third-order valence-electron chi connectivity index (χ3n) is 2.12. The number of carbonyl (C=O) groups excluding carboxylic acids is 1. The highest BCUT2D eigenvalue weighted by Gasteiger charge is 2.20. The average Bonchev–Trinajstić information content (AvgIpc) is 2.52. The SMILES string of the molecule is COC(=O)CCCNC1C=CS(=O)(=O)C1. The van der Waals surface area contributed by atoms with E-state index in [1.165, 1.54) is 12.5 Å². The fourth-order valence-electron chi connectivity index (χ4n) is 1.33. The zero-order chi connectivity index (χ0) is 11.3. The Morgan fingerprint density at radius 3 is 2.87 bits per heavy atom. The quantitative estimate of drug-likeness (QED) is 0.527. The van der Waals surface area contributed by atoms with Crippen LogP contribution in [-0.4, -0.2) is 39.8 Å². The number of hydrogen-bond donors (Lipinski definition) is 1. The summed E-state index contributed by atoms with van der Waals surface area (Å²) >= 11 is 0. The van der Waals surface area contributed by atoms with Crippen molar-refractivity contribution in [2.75, 3.05) is 19.4 Å². The summed E-state index contributed by atoms with van der Waals surface area (Å²) in [6.45, 7) is 0.611. The first-order valence-electron chi connectivity index (χ1n) is 4.74. The second kappa shape index (κ2) is 5.27. The van der Waals surface area contributed by atoms with Gasteiger partial charge in [0.1, 0.15) is 0 Å². The topological polar surface area (TPSA) is 72.5 Å². The number of esters is 1. The lowest BCUT2D eigenvalue weighted by Crippen LogP contribution is -2.31. The Morgan fingerprint density at radius 2 is 2.33 bits per heavy atom. The first-order chi connectivity index (χ1) is 7.03. The maximum absolute atomic E-state index is 11.0. The first-order valence-corrected chi connectivity index (χ1v) is 6.46. The monoisotopic (exact) mass is 233 g/mol. The smallest absolute Gasteiger partial charge is 0.305 e. The van der Waals surface area contributed by atoms with Gasteiger partial charge >= 0.3 is 5.97 Å². The van der Waals surface area contributed by atoms with Crippen LogP contribution in [0, 0.1) is 0 Å². The molecule has 1 N–H and O–H groups in total. The van der Waals surface area contributed by atoms with Gasteiger partial charge in [-0.2, -0.15) is 0 Å². The van der Waals surface area contributed by atoms with Gasteiger partial charge in [0.05, 0.1) is 12.9 Å². The molecular weight excluding hydrogens is 218 g/mol. The third-order valence-corrected chi connectivity index (χ3v) is 3.52. The standard InChI is InChI=1S/C9H15NO4S/c1-14-9(11)3-2-5-10-8-4-6-15(12,13)7-8/h4,6,8,10H,2-3,5,7H2,1H3. The fraction of sp³-hybridized carbons (Fsp3) is 0.667. The molecule has 0 spiro atoms. The summed E-state index contributed by atoms with van der Waals surface area (Å²) in [7, 11) is -1.64. The molecule has 5 nitrogen and oxygen atoms in total. The van der Waals surface area contributed by atoms with E-state index in [2.05, 4.69) is 10.1 Å². The van der Waals surface area contributed by atoms with Crippen molar-refractivity contribution < 1.29 is 17.9 Å². The van der Waals surface area contributed by atoms with Gasteiger partial charge in [-0.25, -0.2) is 8.42 Å². The van der Waals surface area contributed by atoms with Crippen LogP contribution in [0.1, 0.15) is 12.8 Å². The molecule has 1 atom stereocenters. The fourth-order valence-corrected chi connectivity index (χ4v) is 2.59. The minimum absolute atomic E-state index is 0.116. The lowest BCUT2D eigenvalue weighted by molar-refractivity contribution is -0.140. The Kier molecular flexibility index (Phi) is 4.28. The van der Waals surface area contributed by atoms with Crippen LogP contribution in [0.15, 0.2) is 11.5 Å². The Hall–Kier alpha value is -0.880. The molecule has 0 aliphatic carbocycles. The third kappa shape index (κ3) is 4.44. The van der Waals surface area contributed by atoms with Crippen LogP contribution in [0.4, 0.5) is 0 Å². The lowest BCUT2D eigenvalue weighted by Gasteiger charge is -2.08. The van der Waals surface area contributed by atoms with Crippen molar-refractivity contribution in [3.63, 3.8) is 0 Å². The van der Waals surface area contributed by atoms with Crippen LogP contribution in [0.25, 0.3) is 0 Å². The van der Waals surface area contributed by atoms with Gasteiger partial charge in [-0.1, -0.05) is 6.08 Å². The molecule has 0 bridgehead atoms. The van der Waals surface area contributed by atoms with E-state index in [1.54, 1.807) is 6.08 Å². The molecule has 0 aromatic rings. The van der Waals surface area contributed by atoms with Gasteiger partial charge in [-0.3, -0.25) is 4.79 Å². The van der Waals surface area contributed by atoms with E-state index in [0.717, 1.165) is 0 Å². The van der Waals surface area contributed by atoms with Crippen LogP contribution < -0.4 is 5.32 Å². The summed E-state index contributed by atoms with van der Waals surface area (Å²) in [5.41, 5.74) is 0. The Morgan fingerprint density at radius 1 is 1.60 bits per heavy atom. The van der Waals surface area contributed by atoms with Crippen LogP contribution in [-0.2, 0) is 19.4 Å². The minimum Gasteiger partial charge on any atom is -0.469 e. The van der Waals surface area contributed by atoms with Gasteiger partial charge in [-0.15, -0.1) is 0 Å². The van der Waals surface area contributed by atoms with Gasteiger partial charge < -0.3 is 10.1 Å². The molecule has 1 aliphatic rings. The maximum Gasteiger partial charge on any atom is 0.305 e. The van der Waals surface area contributed by atoms with Crippen molar-refractivity contribution in [2.24, 2.45) is 0 Å². The van der Waals surface area contributed by atoms with E-state index in [9.17, 15) is 13.2 Å². The molecule has 0 aromatic heterocycles. The lowest BCUT2D eigenvalue weighted by atomic mass is 10.3. The van der Waals surface area contributed by atoms with Gasteiger partial charge in [-0.05, 0) is 13.0 Å². The van der Waals surface area contributed by atoms with Crippen molar-refractivity contribution in [3.8, 4) is 0 Å². The maximum atomic E-state index is 11.0.